The van der Waals surface area contributed by atoms with Gasteiger partial charge in [0.1, 0.15) is 5.15 Å². The number of aliphatic hydroxyl groups is 1. The number of rotatable bonds is 5. The van der Waals surface area contributed by atoms with Crippen molar-refractivity contribution in [2.45, 2.75) is 18.9 Å². The van der Waals surface area contributed by atoms with Gasteiger partial charge < -0.3 is 10.0 Å². The summed E-state index contributed by atoms with van der Waals surface area (Å²) in [5, 5.41) is 10.2. The molecule has 4 nitrogen and oxygen atoms in total. The molecule has 102 valence electrons. The first kappa shape index (κ1) is 14.0. The largest absolute Gasteiger partial charge is 0.391 e. The highest BCUT2D eigenvalue weighted by Gasteiger charge is 2.30. The normalized spacial score (nSPS) is 16.6. The van der Waals surface area contributed by atoms with Crippen LogP contribution in [-0.4, -0.2) is 40.6 Å². The van der Waals surface area contributed by atoms with Crippen LogP contribution in [-0.2, 0) is 4.79 Å². The van der Waals surface area contributed by atoms with Gasteiger partial charge in [0.15, 0.2) is 0 Å². The first-order valence-electron chi connectivity index (χ1n) is 6.29. The monoisotopic (exact) mass is 280 g/mol. The third kappa shape index (κ3) is 4.33. The summed E-state index contributed by atoms with van der Waals surface area (Å²) in [7, 11) is 1.69. The van der Waals surface area contributed by atoms with Gasteiger partial charge in [0.25, 0.3) is 0 Å². The van der Waals surface area contributed by atoms with E-state index in [0.717, 1.165) is 18.4 Å². The molecule has 0 radical (unpaired) electrons. The molecule has 1 atom stereocenters. The van der Waals surface area contributed by atoms with Gasteiger partial charge in [-0.05, 0) is 42.5 Å². The van der Waals surface area contributed by atoms with E-state index in [1.807, 2.05) is 0 Å². The van der Waals surface area contributed by atoms with Crippen LogP contribution in [0, 0.1) is 5.92 Å². The molecule has 5 heteroatoms. The molecule has 1 aromatic heterocycles. The molecule has 1 unspecified atom stereocenters. The number of likely N-dealkylation sites (N-methyl/N-ethyl adjacent to an activating group) is 1. The van der Waals surface area contributed by atoms with Crippen molar-refractivity contribution in [2.75, 3.05) is 13.6 Å². The predicted molar refractivity (Wildman–Crippen MR) is 74.6 cm³/mol. The lowest BCUT2D eigenvalue weighted by Gasteiger charge is -2.19. The Morgan fingerprint density at radius 3 is 3.05 bits per heavy atom. The van der Waals surface area contributed by atoms with Crippen LogP contribution in [0.15, 0.2) is 24.4 Å². The van der Waals surface area contributed by atoms with Crippen LogP contribution in [0.1, 0.15) is 18.4 Å². The standard InChI is InChI=1S/C14H17ClN2O2/c1-17(9-12(18)11-3-4-11)14(19)5-2-10-6-7-16-13(15)8-10/h2,5-8,11-12,18H,3-4,9H2,1H3/b5-2+. The van der Waals surface area contributed by atoms with Crippen molar-refractivity contribution < 1.29 is 9.90 Å². The van der Waals surface area contributed by atoms with E-state index in [2.05, 4.69) is 4.98 Å². The smallest absolute Gasteiger partial charge is 0.246 e. The predicted octanol–water partition coefficient (Wildman–Crippen LogP) is 1.98. The van der Waals surface area contributed by atoms with E-state index < -0.39 is 6.10 Å². The molecular weight excluding hydrogens is 264 g/mol. The molecule has 1 amide bonds. The fraction of sp³-hybridized carbons (Fsp3) is 0.429. The average Bonchev–Trinajstić information content (AvgIpc) is 3.20. The summed E-state index contributed by atoms with van der Waals surface area (Å²) in [6, 6.07) is 3.46. The lowest BCUT2D eigenvalue weighted by Crippen LogP contribution is -2.34. The highest BCUT2D eigenvalue weighted by molar-refractivity contribution is 6.29. The van der Waals surface area contributed by atoms with Gasteiger partial charge in [-0.3, -0.25) is 4.79 Å². The number of aromatic nitrogens is 1. The number of carbonyl (C=O) groups is 1. The zero-order valence-electron chi connectivity index (χ0n) is 10.8. The van der Waals surface area contributed by atoms with Crippen molar-refractivity contribution in [3.05, 3.63) is 35.1 Å². The maximum Gasteiger partial charge on any atom is 0.246 e. The van der Waals surface area contributed by atoms with Gasteiger partial charge in [0.05, 0.1) is 6.10 Å². The Hall–Kier alpha value is -1.39. The van der Waals surface area contributed by atoms with E-state index in [4.69, 9.17) is 11.6 Å². The van der Waals surface area contributed by atoms with Gasteiger partial charge in [0.2, 0.25) is 5.91 Å². The van der Waals surface area contributed by atoms with Crippen LogP contribution >= 0.6 is 11.6 Å². The summed E-state index contributed by atoms with van der Waals surface area (Å²) < 4.78 is 0. The number of carbonyl (C=O) groups excluding carboxylic acids is 1. The number of aliphatic hydroxyl groups excluding tert-OH is 1. The Labute approximate surface area is 117 Å². The van der Waals surface area contributed by atoms with E-state index in [1.165, 1.54) is 11.0 Å². The van der Waals surface area contributed by atoms with Crippen molar-refractivity contribution in [2.24, 2.45) is 5.92 Å². The van der Waals surface area contributed by atoms with Crippen molar-refractivity contribution in [1.29, 1.82) is 0 Å². The van der Waals surface area contributed by atoms with E-state index >= 15 is 0 Å². The Balaban J connectivity index is 1.88. The topological polar surface area (TPSA) is 53.4 Å². The molecule has 0 aliphatic heterocycles. The summed E-state index contributed by atoms with van der Waals surface area (Å²) in [5.41, 5.74) is 0.824. The molecule has 1 fully saturated rings. The lowest BCUT2D eigenvalue weighted by molar-refractivity contribution is -0.126. The average molecular weight is 281 g/mol. The summed E-state index contributed by atoms with van der Waals surface area (Å²) in [6.07, 6.45) is 6.48. The zero-order chi connectivity index (χ0) is 13.8. The van der Waals surface area contributed by atoms with Crippen LogP contribution < -0.4 is 0 Å². The minimum atomic E-state index is -0.405. The minimum absolute atomic E-state index is 0.132. The highest BCUT2D eigenvalue weighted by atomic mass is 35.5. The van der Waals surface area contributed by atoms with Crippen LogP contribution in [0.4, 0.5) is 0 Å². The second kappa shape index (κ2) is 6.17. The Kier molecular flexibility index (Phi) is 4.56. The molecule has 0 saturated heterocycles. The fourth-order valence-corrected chi connectivity index (χ4v) is 2.00. The number of hydrogen-bond acceptors (Lipinski definition) is 3. The minimum Gasteiger partial charge on any atom is -0.391 e. The third-order valence-corrected chi connectivity index (χ3v) is 3.38. The number of nitrogens with zero attached hydrogens (tertiary/aromatic N) is 2. The maximum atomic E-state index is 11.9. The van der Waals surface area contributed by atoms with Crippen LogP contribution in [0.3, 0.4) is 0 Å². The second-order valence-corrected chi connectivity index (χ2v) is 5.26. The van der Waals surface area contributed by atoms with E-state index in [9.17, 15) is 9.90 Å². The van der Waals surface area contributed by atoms with E-state index in [-0.39, 0.29) is 5.91 Å². The van der Waals surface area contributed by atoms with Crippen molar-refractivity contribution in [3.63, 3.8) is 0 Å². The SMILES string of the molecule is CN(CC(O)C1CC1)C(=O)/C=C/c1ccnc(Cl)c1. The summed E-state index contributed by atoms with van der Waals surface area (Å²) in [4.78, 5) is 17.3. The first-order chi connectivity index (χ1) is 9.06. The number of pyridine rings is 1. The molecule has 0 spiro atoms. The quantitative estimate of drug-likeness (QED) is 0.663. The van der Waals surface area contributed by atoms with Gasteiger partial charge in [-0.1, -0.05) is 11.6 Å². The molecule has 1 aliphatic carbocycles. The molecule has 0 aromatic carbocycles. The number of hydrogen-bond donors (Lipinski definition) is 1. The van der Waals surface area contributed by atoms with Crippen LogP contribution in [0.5, 0.6) is 0 Å². The second-order valence-electron chi connectivity index (χ2n) is 4.87. The Morgan fingerprint density at radius 1 is 1.68 bits per heavy atom. The molecule has 2 rings (SSSR count). The molecule has 1 aromatic rings. The number of halogens is 1. The van der Waals surface area contributed by atoms with Crippen LogP contribution in [0.2, 0.25) is 5.15 Å². The highest BCUT2D eigenvalue weighted by Crippen LogP contribution is 2.32. The molecule has 0 bridgehead atoms. The molecule has 1 N–H and O–H groups in total. The van der Waals surface area contributed by atoms with Gasteiger partial charge in [-0.15, -0.1) is 0 Å². The van der Waals surface area contributed by atoms with Crippen molar-refractivity contribution in [3.8, 4) is 0 Å². The van der Waals surface area contributed by atoms with Crippen molar-refractivity contribution >= 4 is 23.6 Å². The summed E-state index contributed by atoms with van der Waals surface area (Å²) >= 11 is 5.76. The summed E-state index contributed by atoms with van der Waals surface area (Å²) in [5.74, 6) is 0.242. The maximum absolute atomic E-state index is 11.9. The molecule has 19 heavy (non-hydrogen) atoms. The van der Waals surface area contributed by atoms with E-state index in [1.54, 1.807) is 31.5 Å². The van der Waals surface area contributed by atoms with Gasteiger partial charge in [-0.25, -0.2) is 4.98 Å². The van der Waals surface area contributed by atoms with Gasteiger partial charge in [0, 0.05) is 25.9 Å². The van der Waals surface area contributed by atoms with Gasteiger partial charge >= 0.3 is 0 Å². The summed E-state index contributed by atoms with van der Waals surface area (Å²) in [6.45, 7) is 0.380. The van der Waals surface area contributed by atoms with Gasteiger partial charge in [-0.2, -0.15) is 0 Å². The zero-order valence-corrected chi connectivity index (χ0v) is 11.5. The molecule has 1 aliphatic rings. The first-order valence-corrected chi connectivity index (χ1v) is 6.67. The Bertz CT molecular complexity index is 486. The lowest BCUT2D eigenvalue weighted by atomic mass is 10.2. The van der Waals surface area contributed by atoms with Crippen LogP contribution in [0.25, 0.3) is 6.08 Å². The third-order valence-electron chi connectivity index (χ3n) is 3.17. The van der Waals surface area contributed by atoms with E-state index in [0.29, 0.717) is 17.6 Å². The molecule has 1 saturated carbocycles. The van der Waals surface area contributed by atoms with Crippen molar-refractivity contribution in [1.82, 2.24) is 9.88 Å². The fourth-order valence-electron chi connectivity index (χ4n) is 1.82. The molecule has 1 heterocycles. The Morgan fingerprint density at radius 2 is 2.42 bits per heavy atom. The number of amides is 1. The molecular formula is C14H17ClN2O2.